The molecule has 130 valence electrons. The number of aromatic amines is 1. The zero-order valence-electron chi connectivity index (χ0n) is 13.5. The molecule has 1 aromatic carbocycles. The van der Waals surface area contributed by atoms with Crippen LogP contribution >= 0.6 is 27.3 Å². The van der Waals surface area contributed by atoms with Gasteiger partial charge in [0.25, 0.3) is 5.56 Å². The molecule has 25 heavy (non-hydrogen) atoms. The van der Waals surface area contributed by atoms with Crippen molar-refractivity contribution in [3.8, 4) is 0 Å². The Morgan fingerprint density at radius 3 is 2.56 bits per heavy atom. The summed E-state index contributed by atoms with van der Waals surface area (Å²) in [6.45, 7) is 0.820. The Hall–Kier alpha value is -2.32. The molecule has 0 aliphatic carbocycles. The molecule has 0 aliphatic rings. The maximum Gasteiger partial charge on any atom is 0.330 e. The lowest BCUT2D eigenvalue weighted by molar-refractivity contribution is 0.726. The second-order valence-corrected chi connectivity index (χ2v) is 8.17. The van der Waals surface area contributed by atoms with Crippen LogP contribution in [0.4, 0.5) is 11.5 Å². The van der Waals surface area contributed by atoms with Gasteiger partial charge in [-0.3, -0.25) is 14.3 Å². The van der Waals surface area contributed by atoms with Crippen LogP contribution in [-0.4, -0.2) is 16.6 Å². The lowest BCUT2D eigenvalue weighted by Gasteiger charge is -2.21. The van der Waals surface area contributed by atoms with Crippen LogP contribution in [0.15, 0.2) is 55.8 Å². The number of nitrogens with one attached hydrogen (secondary N) is 1. The molecular weight excluding hydrogens is 404 g/mol. The largest absolute Gasteiger partial charge is 0.383 e. The van der Waals surface area contributed by atoms with Crippen LogP contribution in [-0.2, 0) is 13.1 Å². The monoisotopic (exact) mass is 420 g/mol. The van der Waals surface area contributed by atoms with Crippen molar-refractivity contribution in [3.05, 3.63) is 77.5 Å². The Bertz CT molecular complexity index is 994. The molecule has 0 atom stereocenters. The van der Waals surface area contributed by atoms with Crippen LogP contribution in [0.25, 0.3) is 0 Å². The number of nitrogen functional groups attached to an aromatic ring is 1. The number of nitrogens with two attached hydrogens (primary N) is 1. The van der Waals surface area contributed by atoms with Crippen molar-refractivity contribution in [3.63, 3.8) is 0 Å². The van der Waals surface area contributed by atoms with Gasteiger partial charge in [0.05, 0.1) is 16.9 Å². The van der Waals surface area contributed by atoms with Crippen LogP contribution in [0, 0.1) is 0 Å². The topological polar surface area (TPSA) is 84.1 Å². The van der Waals surface area contributed by atoms with Crippen molar-refractivity contribution in [2.24, 2.45) is 0 Å². The van der Waals surface area contributed by atoms with Crippen LogP contribution in [0.1, 0.15) is 10.4 Å². The highest BCUT2D eigenvalue weighted by Gasteiger charge is 2.17. The third-order valence-corrected chi connectivity index (χ3v) is 5.41. The maximum atomic E-state index is 12.3. The van der Waals surface area contributed by atoms with Crippen LogP contribution in [0.3, 0.4) is 0 Å². The predicted molar refractivity (Wildman–Crippen MR) is 105 cm³/mol. The molecule has 2 aromatic heterocycles. The van der Waals surface area contributed by atoms with Crippen molar-refractivity contribution in [1.82, 2.24) is 9.55 Å². The number of halogens is 1. The summed E-state index contributed by atoms with van der Waals surface area (Å²) in [7, 11) is 1.78. The van der Waals surface area contributed by atoms with Gasteiger partial charge in [-0.1, -0.05) is 30.3 Å². The molecule has 3 aromatic rings. The first-order valence-corrected chi connectivity index (χ1v) is 9.18. The normalized spacial score (nSPS) is 10.8. The summed E-state index contributed by atoms with van der Waals surface area (Å²) in [5.41, 5.74) is 6.42. The summed E-state index contributed by atoms with van der Waals surface area (Å²) in [6, 6.07) is 13.4. The summed E-state index contributed by atoms with van der Waals surface area (Å²) in [6.07, 6.45) is 0. The van der Waals surface area contributed by atoms with E-state index in [4.69, 9.17) is 5.73 Å². The molecule has 0 aliphatic heterocycles. The number of H-pyrrole nitrogens is 1. The summed E-state index contributed by atoms with van der Waals surface area (Å²) in [5.74, 6) is 0.163. The maximum absolute atomic E-state index is 12.3. The van der Waals surface area contributed by atoms with Gasteiger partial charge in [-0.05, 0) is 33.6 Å². The molecule has 0 spiro atoms. The molecule has 0 saturated carbocycles. The quantitative estimate of drug-likeness (QED) is 0.664. The third-order valence-electron chi connectivity index (χ3n) is 3.80. The number of hydrogen-bond donors (Lipinski definition) is 2. The lowest BCUT2D eigenvalue weighted by Crippen LogP contribution is -2.37. The van der Waals surface area contributed by atoms with Gasteiger partial charge in [-0.15, -0.1) is 11.3 Å². The predicted octanol–water partition coefficient (Wildman–Crippen LogP) is 2.63. The molecule has 6 nitrogen and oxygen atoms in total. The van der Waals surface area contributed by atoms with Crippen LogP contribution < -0.4 is 21.9 Å². The number of thiophene rings is 1. The highest BCUT2D eigenvalue weighted by molar-refractivity contribution is 9.11. The standard InChI is InChI=1S/C17H17BrN4O2S/c1-21(10-12-7-8-13(18)25-12)14-15(19)22(17(24)20-16(14)23)9-11-5-3-2-4-6-11/h2-8H,9-10,19H2,1H3,(H,20,23,24). The Morgan fingerprint density at radius 2 is 1.92 bits per heavy atom. The first kappa shape index (κ1) is 17.5. The minimum absolute atomic E-state index is 0.163. The zero-order valence-corrected chi connectivity index (χ0v) is 15.9. The Morgan fingerprint density at radius 1 is 1.20 bits per heavy atom. The summed E-state index contributed by atoms with van der Waals surface area (Å²) in [5, 5.41) is 0. The van der Waals surface area contributed by atoms with E-state index in [1.807, 2.05) is 42.5 Å². The fraction of sp³-hybridized carbons (Fsp3) is 0.176. The van der Waals surface area contributed by atoms with E-state index in [1.54, 1.807) is 23.3 Å². The molecule has 0 saturated heterocycles. The van der Waals surface area contributed by atoms with Gasteiger partial charge in [-0.25, -0.2) is 4.79 Å². The van der Waals surface area contributed by atoms with E-state index in [9.17, 15) is 9.59 Å². The zero-order chi connectivity index (χ0) is 18.0. The first-order chi connectivity index (χ1) is 12.0. The average Bonchev–Trinajstić information content (AvgIpc) is 2.97. The number of hydrogen-bond acceptors (Lipinski definition) is 5. The minimum atomic E-state index is -0.512. The van der Waals surface area contributed by atoms with Crippen molar-refractivity contribution >= 4 is 38.8 Å². The Balaban J connectivity index is 1.97. The molecule has 0 bridgehead atoms. The van der Waals surface area contributed by atoms with E-state index in [-0.39, 0.29) is 5.82 Å². The number of rotatable bonds is 5. The number of aromatic nitrogens is 2. The number of benzene rings is 1. The number of anilines is 2. The Kier molecular flexibility index (Phi) is 5.10. The second kappa shape index (κ2) is 7.28. The van der Waals surface area contributed by atoms with Crippen molar-refractivity contribution < 1.29 is 0 Å². The highest BCUT2D eigenvalue weighted by atomic mass is 79.9. The average molecular weight is 421 g/mol. The smallest absolute Gasteiger partial charge is 0.330 e. The van der Waals surface area contributed by atoms with Crippen molar-refractivity contribution in [2.75, 3.05) is 17.7 Å². The molecule has 8 heteroatoms. The van der Waals surface area contributed by atoms with E-state index in [0.29, 0.717) is 18.8 Å². The molecule has 3 N–H and O–H groups in total. The van der Waals surface area contributed by atoms with Gasteiger partial charge in [0.1, 0.15) is 11.5 Å². The van der Waals surface area contributed by atoms with E-state index in [2.05, 4.69) is 20.9 Å². The van der Waals surface area contributed by atoms with Gasteiger partial charge < -0.3 is 10.6 Å². The van der Waals surface area contributed by atoms with Gasteiger partial charge in [0.2, 0.25) is 0 Å². The molecule has 2 heterocycles. The summed E-state index contributed by atoms with van der Waals surface area (Å²) in [4.78, 5) is 29.7. The SMILES string of the molecule is CN(Cc1ccc(Br)s1)c1c(N)n(Cc2ccccc2)c(=O)[nH]c1=O. The van der Waals surface area contributed by atoms with Gasteiger partial charge in [0.15, 0.2) is 0 Å². The fourth-order valence-corrected chi connectivity index (χ4v) is 4.16. The van der Waals surface area contributed by atoms with E-state index in [1.165, 1.54) is 4.57 Å². The molecule has 0 unspecified atom stereocenters. The molecule has 0 fully saturated rings. The summed E-state index contributed by atoms with van der Waals surface area (Å²) >= 11 is 5.01. The van der Waals surface area contributed by atoms with E-state index < -0.39 is 11.2 Å². The molecule has 0 amide bonds. The first-order valence-electron chi connectivity index (χ1n) is 7.57. The van der Waals surface area contributed by atoms with Gasteiger partial charge in [-0.2, -0.15) is 0 Å². The van der Waals surface area contributed by atoms with Crippen molar-refractivity contribution in [1.29, 1.82) is 0 Å². The molecule has 0 radical (unpaired) electrons. The fourth-order valence-electron chi connectivity index (χ4n) is 2.62. The highest BCUT2D eigenvalue weighted by Crippen LogP contribution is 2.25. The number of nitrogens with zero attached hydrogens (tertiary/aromatic N) is 2. The third kappa shape index (κ3) is 3.85. The van der Waals surface area contributed by atoms with Gasteiger partial charge in [0, 0.05) is 11.9 Å². The van der Waals surface area contributed by atoms with Crippen molar-refractivity contribution in [2.45, 2.75) is 13.1 Å². The van der Waals surface area contributed by atoms with Crippen LogP contribution in [0.5, 0.6) is 0 Å². The van der Waals surface area contributed by atoms with Gasteiger partial charge >= 0.3 is 5.69 Å². The minimum Gasteiger partial charge on any atom is -0.383 e. The Labute approximate surface area is 156 Å². The second-order valence-electron chi connectivity index (χ2n) is 5.63. The van der Waals surface area contributed by atoms with E-state index >= 15 is 0 Å². The van der Waals surface area contributed by atoms with Crippen LogP contribution in [0.2, 0.25) is 0 Å². The lowest BCUT2D eigenvalue weighted by atomic mass is 10.2. The summed E-state index contributed by atoms with van der Waals surface area (Å²) < 4.78 is 2.40. The molecular formula is C17H17BrN4O2S. The van der Waals surface area contributed by atoms with E-state index in [0.717, 1.165) is 14.2 Å². The molecule has 3 rings (SSSR count).